The molecule has 0 bridgehead atoms. The molecule has 0 rings (SSSR count). The highest BCUT2D eigenvalue weighted by Gasteiger charge is 2.22. The molecule has 0 saturated heterocycles. The minimum Gasteiger partial charge on any atom is -0.366 e. The van der Waals surface area contributed by atoms with Crippen molar-refractivity contribution in [3.8, 4) is 0 Å². The Bertz CT molecular complexity index is 63.4. The Morgan fingerprint density at radius 1 is 1.50 bits per heavy atom. The van der Waals surface area contributed by atoms with Gasteiger partial charge in [0.2, 0.25) is 0 Å². The van der Waals surface area contributed by atoms with Crippen LogP contribution in [0.1, 0.15) is 27.2 Å². The number of hydrogen-bond acceptors (Lipinski definition) is 2. The van der Waals surface area contributed by atoms with Gasteiger partial charge in [0.05, 0.1) is 0 Å². The van der Waals surface area contributed by atoms with Crippen LogP contribution in [0.25, 0.3) is 0 Å². The third-order valence-electron chi connectivity index (χ3n) is 1.55. The van der Waals surface area contributed by atoms with Gasteiger partial charge in [0, 0.05) is 5.92 Å². The average Bonchev–Trinajstić information content (AvgIpc) is 1.62. The molecule has 0 unspecified atom stereocenters. The van der Waals surface area contributed by atoms with Crippen molar-refractivity contribution < 1.29 is 10.2 Å². The molecule has 2 heteroatoms. The summed E-state index contributed by atoms with van der Waals surface area (Å²) in [7, 11) is 0. The molecule has 0 aliphatic heterocycles. The fraction of sp³-hybridized carbons (Fsp3) is 1.00. The summed E-state index contributed by atoms with van der Waals surface area (Å²) in [5, 5.41) is 17.7. The molecular weight excluding hydrogens is 104 g/mol. The van der Waals surface area contributed by atoms with E-state index in [1.807, 2.05) is 6.92 Å². The van der Waals surface area contributed by atoms with Gasteiger partial charge >= 0.3 is 0 Å². The van der Waals surface area contributed by atoms with E-state index in [1.54, 1.807) is 6.92 Å². The molecule has 0 radical (unpaired) electrons. The highest BCUT2D eigenvalue weighted by atomic mass is 16.5. The lowest BCUT2D eigenvalue weighted by molar-refractivity contribution is -0.181. The van der Waals surface area contributed by atoms with E-state index in [2.05, 4.69) is 0 Å². The largest absolute Gasteiger partial charge is 0.366 e. The van der Waals surface area contributed by atoms with Crippen molar-refractivity contribution >= 4 is 0 Å². The molecule has 0 amide bonds. The Hall–Kier alpha value is -0.0800. The summed E-state index contributed by atoms with van der Waals surface area (Å²) in [6, 6.07) is 0. The number of aliphatic hydroxyl groups is 2. The van der Waals surface area contributed by atoms with Gasteiger partial charge in [-0.2, -0.15) is 0 Å². The fourth-order valence-electron chi connectivity index (χ4n) is 0.387. The van der Waals surface area contributed by atoms with E-state index in [1.165, 1.54) is 6.92 Å². The van der Waals surface area contributed by atoms with Crippen LogP contribution in [0.2, 0.25) is 0 Å². The normalized spacial score (nSPS) is 16.1. The zero-order valence-electron chi connectivity index (χ0n) is 5.68. The molecule has 2 nitrogen and oxygen atoms in total. The van der Waals surface area contributed by atoms with Crippen LogP contribution in [0.4, 0.5) is 0 Å². The van der Waals surface area contributed by atoms with Gasteiger partial charge in [0.15, 0.2) is 5.79 Å². The maximum absolute atomic E-state index is 8.84. The first-order valence-corrected chi connectivity index (χ1v) is 2.93. The minimum absolute atomic E-state index is 0.0394. The molecule has 0 aromatic carbocycles. The van der Waals surface area contributed by atoms with E-state index in [-0.39, 0.29) is 5.92 Å². The molecule has 0 aromatic heterocycles. The van der Waals surface area contributed by atoms with E-state index in [0.29, 0.717) is 0 Å². The molecule has 8 heavy (non-hydrogen) atoms. The monoisotopic (exact) mass is 118 g/mol. The first-order chi connectivity index (χ1) is 3.48. The number of rotatable bonds is 2. The van der Waals surface area contributed by atoms with Gasteiger partial charge in [-0.25, -0.2) is 0 Å². The van der Waals surface area contributed by atoms with Crippen molar-refractivity contribution in [3.05, 3.63) is 0 Å². The van der Waals surface area contributed by atoms with E-state index in [4.69, 9.17) is 10.2 Å². The molecule has 0 aliphatic rings. The Morgan fingerprint density at radius 3 is 1.88 bits per heavy atom. The molecule has 0 aromatic rings. The van der Waals surface area contributed by atoms with Gasteiger partial charge in [-0.1, -0.05) is 13.8 Å². The molecule has 50 valence electrons. The van der Waals surface area contributed by atoms with Crippen molar-refractivity contribution in [2.24, 2.45) is 5.92 Å². The first-order valence-electron chi connectivity index (χ1n) is 2.93. The topological polar surface area (TPSA) is 40.5 Å². The van der Waals surface area contributed by atoms with Gasteiger partial charge in [0.1, 0.15) is 0 Å². The van der Waals surface area contributed by atoms with Crippen LogP contribution in [0.3, 0.4) is 0 Å². The predicted molar refractivity (Wildman–Crippen MR) is 32.3 cm³/mol. The standard InChI is InChI=1S/C6H14O2/c1-4-5(2)6(3,7)8/h5,7-8H,4H2,1-3H3/t5-/m1/s1. The second-order valence-corrected chi connectivity index (χ2v) is 2.40. The molecule has 0 saturated carbocycles. The summed E-state index contributed by atoms with van der Waals surface area (Å²) in [6.45, 7) is 5.14. The lowest BCUT2D eigenvalue weighted by Gasteiger charge is -2.22. The van der Waals surface area contributed by atoms with Crippen LogP contribution in [-0.4, -0.2) is 16.0 Å². The Labute approximate surface area is 50.2 Å². The molecular formula is C6H14O2. The summed E-state index contributed by atoms with van der Waals surface area (Å²) >= 11 is 0. The predicted octanol–water partition coefficient (Wildman–Crippen LogP) is 0.733. The van der Waals surface area contributed by atoms with Gasteiger partial charge < -0.3 is 10.2 Å². The quantitative estimate of drug-likeness (QED) is 0.525. The van der Waals surface area contributed by atoms with E-state index in [0.717, 1.165) is 6.42 Å². The molecule has 0 heterocycles. The van der Waals surface area contributed by atoms with E-state index < -0.39 is 5.79 Å². The van der Waals surface area contributed by atoms with Crippen molar-refractivity contribution in [2.45, 2.75) is 33.0 Å². The maximum Gasteiger partial charge on any atom is 0.162 e. The lowest BCUT2D eigenvalue weighted by atomic mass is 10.0. The molecule has 0 fully saturated rings. The van der Waals surface area contributed by atoms with Crippen molar-refractivity contribution in [1.82, 2.24) is 0 Å². The second kappa shape index (κ2) is 2.46. The van der Waals surface area contributed by atoms with Crippen LogP contribution in [0.15, 0.2) is 0 Å². The van der Waals surface area contributed by atoms with Crippen molar-refractivity contribution in [3.63, 3.8) is 0 Å². The van der Waals surface area contributed by atoms with Crippen LogP contribution in [-0.2, 0) is 0 Å². The summed E-state index contributed by atoms with van der Waals surface area (Å²) in [6.07, 6.45) is 0.795. The smallest absolute Gasteiger partial charge is 0.162 e. The van der Waals surface area contributed by atoms with Gasteiger partial charge in [-0.05, 0) is 13.3 Å². The van der Waals surface area contributed by atoms with Crippen LogP contribution in [0, 0.1) is 5.92 Å². The SMILES string of the molecule is CC[C@@H](C)C(C)(O)O. The highest BCUT2D eigenvalue weighted by Crippen LogP contribution is 2.15. The summed E-state index contributed by atoms with van der Waals surface area (Å²) in [5.41, 5.74) is 0. The Balaban J connectivity index is 3.62. The maximum atomic E-state index is 8.84. The van der Waals surface area contributed by atoms with Gasteiger partial charge in [-0.3, -0.25) is 0 Å². The second-order valence-electron chi connectivity index (χ2n) is 2.40. The van der Waals surface area contributed by atoms with Crippen LogP contribution in [0.5, 0.6) is 0 Å². The number of hydrogen-bond donors (Lipinski definition) is 2. The summed E-state index contributed by atoms with van der Waals surface area (Å²) < 4.78 is 0. The Morgan fingerprint density at radius 2 is 1.88 bits per heavy atom. The van der Waals surface area contributed by atoms with Crippen LogP contribution >= 0.6 is 0 Å². The molecule has 0 spiro atoms. The zero-order chi connectivity index (χ0) is 6.78. The van der Waals surface area contributed by atoms with Crippen molar-refractivity contribution in [2.75, 3.05) is 0 Å². The molecule has 2 N–H and O–H groups in total. The zero-order valence-corrected chi connectivity index (χ0v) is 5.68. The van der Waals surface area contributed by atoms with Crippen molar-refractivity contribution in [1.29, 1.82) is 0 Å². The van der Waals surface area contributed by atoms with Gasteiger partial charge in [0.25, 0.3) is 0 Å². The van der Waals surface area contributed by atoms with E-state index >= 15 is 0 Å². The lowest BCUT2D eigenvalue weighted by Crippen LogP contribution is -2.31. The molecule has 1 atom stereocenters. The fourth-order valence-corrected chi connectivity index (χ4v) is 0.387. The summed E-state index contributed by atoms with van der Waals surface area (Å²) in [4.78, 5) is 0. The Kier molecular flexibility index (Phi) is 2.44. The highest BCUT2D eigenvalue weighted by molar-refractivity contribution is 4.63. The summed E-state index contributed by atoms with van der Waals surface area (Å²) in [5.74, 6) is -1.53. The molecule has 0 aliphatic carbocycles. The third-order valence-corrected chi connectivity index (χ3v) is 1.55. The minimum atomic E-state index is -1.49. The van der Waals surface area contributed by atoms with E-state index in [9.17, 15) is 0 Å². The third kappa shape index (κ3) is 2.28. The van der Waals surface area contributed by atoms with Crippen LogP contribution < -0.4 is 0 Å². The van der Waals surface area contributed by atoms with Gasteiger partial charge in [-0.15, -0.1) is 0 Å². The first kappa shape index (κ1) is 7.92. The average molecular weight is 118 g/mol.